The summed E-state index contributed by atoms with van der Waals surface area (Å²) in [5.41, 5.74) is 1.84. The summed E-state index contributed by atoms with van der Waals surface area (Å²) >= 11 is 0. The molecule has 2 N–H and O–H groups in total. The number of aromatic nitrogens is 2. The Morgan fingerprint density at radius 3 is 2.88 bits per heavy atom. The quantitative estimate of drug-likeness (QED) is 0.815. The van der Waals surface area contributed by atoms with E-state index in [4.69, 9.17) is 0 Å². The summed E-state index contributed by atoms with van der Waals surface area (Å²) in [5, 5.41) is 3.30. The zero-order valence-corrected chi connectivity index (χ0v) is 9.66. The predicted molar refractivity (Wildman–Crippen MR) is 65.7 cm³/mol. The highest BCUT2D eigenvalue weighted by atomic mass is 16.1. The van der Waals surface area contributed by atoms with Gasteiger partial charge in [-0.25, -0.2) is 4.79 Å². The van der Waals surface area contributed by atoms with Crippen LogP contribution in [0.15, 0.2) is 29.1 Å². The van der Waals surface area contributed by atoms with E-state index < -0.39 is 0 Å². The Morgan fingerprint density at radius 2 is 2.12 bits per heavy atom. The van der Waals surface area contributed by atoms with Gasteiger partial charge in [-0.2, -0.15) is 0 Å². The lowest BCUT2D eigenvalue weighted by Crippen LogP contribution is -2.29. The van der Waals surface area contributed by atoms with Crippen molar-refractivity contribution in [3.05, 3.63) is 34.7 Å². The smallest absolute Gasteiger partial charge is 0.313 e. The van der Waals surface area contributed by atoms with Crippen LogP contribution in [0.5, 0.6) is 0 Å². The van der Waals surface area contributed by atoms with Crippen molar-refractivity contribution in [3.63, 3.8) is 0 Å². The first-order valence-corrected chi connectivity index (χ1v) is 5.59. The molecule has 0 bridgehead atoms. The largest absolute Gasteiger partial charge is 0.326 e. The van der Waals surface area contributed by atoms with Crippen LogP contribution < -0.4 is 11.0 Å². The van der Waals surface area contributed by atoms with E-state index in [-0.39, 0.29) is 5.69 Å². The van der Waals surface area contributed by atoms with E-state index >= 15 is 0 Å². The molecule has 0 saturated carbocycles. The third kappa shape index (κ3) is 2.17. The summed E-state index contributed by atoms with van der Waals surface area (Å²) in [7, 11) is 0. The topological polar surface area (TPSA) is 49.8 Å². The average Bonchev–Trinajstić information content (AvgIpc) is 2.55. The SMILES string of the molecule is CC(C)NCCn1c(=O)[nH]c2ccccc21. The molecule has 0 atom stereocenters. The molecule has 1 aromatic heterocycles. The van der Waals surface area contributed by atoms with Crippen molar-refractivity contribution in [2.24, 2.45) is 0 Å². The van der Waals surface area contributed by atoms with Crippen LogP contribution in [0.25, 0.3) is 11.0 Å². The van der Waals surface area contributed by atoms with Crippen molar-refractivity contribution in [2.45, 2.75) is 26.4 Å². The van der Waals surface area contributed by atoms with Crippen molar-refractivity contribution in [1.29, 1.82) is 0 Å². The molecular weight excluding hydrogens is 202 g/mol. The van der Waals surface area contributed by atoms with E-state index in [9.17, 15) is 4.79 Å². The maximum atomic E-state index is 11.7. The highest BCUT2D eigenvalue weighted by Gasteiger charge is 2.04. The van der Waals surface area contributed by atoms with Crippen LogP contribution >= 0.6 is 0 Å². The number of imidazole rings is 1. The Kier molecular flexibility index (Phi) is 3.10. The van der Waals surface area contributed by atoms with E-state index in [1.54, 1.807) is 4.57 Å². The molecule has 1 aromatic carbocycles. The maximum Gasteiger partial charge on any atom is 0.326 e. The van der Waals surface area contributed by atoms with Gasteiger partial charge >= 0.3 is 5.69 Å². The van der Waals surface area contributed by atoms with Crippen molar-refractivity contribution in [1.82, 2.24) is 14.9 Å². The zero-order valence-electron chi connectivity index (χ0n) is 9.66. The highest BCUT2D eigenvalue weighted by molar-refractivity contribution is 5.74. The molecule has 0 aliphatic rings. The van der Waals surface area contributed by atoms with Crippen LogP contribution in [0, 0.1) is 0 Å². The number of fused-ring (bicyclic) bond motifs is 1. The molecule has 1 heterocycles. The van der Waals surface area contributed by atoms with Gasteiger partial charge in [-0.1, -0.05) is 26.0 Å². The minimum absolute atomic E-state index is 0.0354. The van der Waals surface area contributed by atoms with Crippen molar-refractivity contribution >= 4 is 11.0 Å². The van der Waals surface area contributed by atoms with Gasteiger partial charge in [0.1, 0.15) is 0 Å². The summed E-state index contributed by atoms with van der Waals surface area (Å²) in [6, 6.07) is 8.20. The number of H-pyrrole nitrogens is 1. The summed E-state index contributed by atoms with van der Waals surface area (Å²) in [6.07, 6.45) is 0. The van der Waals surface area contributed by atoms with Gasteiger partial charge < -0.3 is 10.3 Å². The maximum absolute atomic E-state index is 11.7. The molecule has 0 aliphatic heterocycles. The fraction of sp³-hybridized carbons (Fsp3) is 0.417. The van der Waals surface area contributed by atoms with Crippen molar-refractivity contribution in [2.75, 3.05) is 6.54 Å². The second kappa shape index (κ2) is 4.53. The minimum atomic E-state index is -0.0354. The number of benzene rings is 1. The number of rotatable bonds is 4. The van der Waals surface area contributed by atoms with Gasteiger partial charge in [0.15, 0.2) is 0 Å². The first-order chi connectivity index (χ1) is 7.68. The minimum Gasteiger partial charge on any atom is -0.313 e. The Balaban J connectivity index is 2.23. The first kappa shape index (κ1) is 11.0. The molecule has 0 saturated heterocycles. The lowest BCUT2D eigenvalue weighted by atomic mass is 10.3. The number of hydrogen-bond donors (Lipinski definition) is 2. The third-order valence-corrected chi connectivity index (χ3v) is 2.57. The van der Waals surface area contributed by atoms with Crippen LogP contribution in [0.4, 0.5) is 0 Å². The average molecular weight is 219 g/mol. The van der Waals surface area contributed by atoms with Gasteiger partial charge in [-0.15, -0.1) is 0 Å². The van der Waals surface area contributed by atoms with Gasteiger partial charge in [0.2, 0.25) is 0 Å². The second-order valence-electron chi connectivity index (χ2n) is 4.21. The fourth-order valence-electron chi connectivity index (χ4n) is 1.79. The summed E-state index contributed by atoms with van der Waals surface area (Å²) in [4.78, 5) is 14.5. The van der Waals surface area contributed by atoms with E-state index in [0.29, 0.717) is 12.6 Å². The van der Waals surface area contributed by atoms with Gasteiger partial charge in [0.25, 0.3) is 0 Å². The highest BCUT2D eigenvalue weighted by Crippen LogP contribution is 2.08. The fourth-order valence-corrected chi connectivity index (χ4v) is 1.79. The Hall–Kier alpha value is -1.55. The number of hydrogen-bond acceptors (Lipinski definition) is 2. The molecule has 4 heteroatoms. The molecule has 0 amide bonds. The number of para-hydroxylation sites is 2. The Bertz CT molecular complexity index is 524. The Labute approximate surface area is 94.3 Å². The molecule has 0 unspecified atom stereocenters. The van der Waals surface area contributed by atoms with Crippen molar-refractivity contribution in [3.8, 4) is 0 Å². The third-order valence-electron chi connectivity index (χ3n) is 2.57. The monoisotopic (exact) mass is 219 g/mol. The number of nitrogens with one attached hydrogen (secondary N) is 2. The van der Waals surface area contributed by atoms with Gasteiger partial charge in [0.05, 0.1) is 11.0 Å². The Morgan fingerprint density at radius 1 is 1.38 bits per heavy atom. The van der Waals surface area contributed by atoms with Gasteiger partial charge in [-0.05, 0) is 12.1 Å². The van der Waals surface area contributed by atoms with Gasteiger partial charge in [-0.3, -0.25) is 4.57 Å². The zero-order chi connectivity index (χ0) is 11.5. The molecule has 0 aliphatic carbocycles. The molecule has 2 rings (SSSR count). The van der Waals surface area contributed by atoms with Gasteiger partial charge in [0, 0.05) is 19.1 Å². The molecule has 4 nitrogen and oxygen atoms in total. The predicted octanol–water partition coefficient (Wildman–Crippen LogP) is 1.33. The molecule has 0 fully saturated rings. The molecule has 2 aromatic rings. The number of aromatic amines is 1. The van der Waals surface area contributed by atoms with Crippen LogP contribution in [-0.2, 0) is 6.54 Å². The lowest BCUT2D eigenvalue weighted by molar-refractivity contribution is 0.541. The molecule has 0 radical (unpaired) electrons. The lowest BCUT2D eigenvalue weighted by Gasteiger charge is -2.08. The van der Waals surface area contributed by atoms with Crippen molar-refractivity contribution < 1.29 is 0 Å². The molecular formula is C12H17N3O. The first-order valence-electron chi connectivity index (χ1n) is 5.59. The van der Waals surface area contributed by atoms with Crippen LogP contribution in [-0.4, -0.2) is 22.1 Å². The molecule has 0 spiro atoms. The summed E-state index contributed by atoms with van der Waals surface area (Å²) in [5.74, 6) is 0. The van der Waals surface area contributed by atoms with Crippen LogP contribution in [0.1, 0.15) is 13.8 Å². The summed E-state index contributed by atoms with van der Waals surface area (Å²) in [6.45, 7) is 5.69. The second-order valence-corrected chi connectivity index (χ2v) is 4.21. The van der Waals surface area contributed by atoms with E-state index in [1.807, 2.05) is 24.3 Å². The summed E-state index contributed by atoms with van der Waals surface area (Å²) < 4.78 is 1.77. The number of nitrogens with zero attached hydrogens (tertiary/aromatic N) is 1. The standard InChI is InChI=1S/C12H17N3O/c1-9(2)13-7-8-15-11-6-4-3-5-10(11)14-12(15)16/h3-6,9,13H,7-8H2,1-2H3,(H,14,16). The normalized spacial score (nSPS) is 11.4. The van der Waals surface area contributed by atoms with Crippen LogP contribution in [0.2, 0.25) is 0 Å². The van der Waals surface area contributed by atoms with E-state index in [0.717, 1.165) is 17.6 Å². The van der Waals surface area contributed by atoms with E-state index in [2.05, 4.69) is 24.1 Å². The molecule has 16 heavy (non-hydrogen) atoms. The van der Waals surface area contributed by atoms with E-state index in [1.165, 1.54) is 0 Å². The molecule has 86 valence electrons. The van der Waals surface area contributed by atoms with Crippen LogP contribution in [0.3, 0.4) is 0 Å².